The first kappa shape index (κ1) is 18.2. The molecule has 0 atom stereocenters. The summed E-state index contributed by atoms with van der Waals surface area (Å²) in [6, 6.07) is 6.70. The summed E-state index contributed by atoms with van der Waals surface area (Å²) < 4.78 is 17.0. The summed E-state index contributed by atoms with van der Waals surface area (Å²) in [5.41, 5.74) is 1.74. The van der Waals surface area contributed by atoms with Gasteiger partial charge in [-0.2, -0.15) is 0 Å². The second kappa shape index (κ2) is 6.76. The van der Waals surface area contributed by atoms with Crippen molar-refractivity contribution in [2.24, 2.45) is 0 Å². The van der Waals surface area contributed by atoms with Crippen molar-refractivity contribution in [3.05, 3.63) is 57.5 Å². The molecule has 4 rings (SSSR count). The van der Waals surface area contributed by atoms with E-state index in [1.165, 1.54) is 32.5 Å². The van der Waals surface area contributed by atoms with Gasteiger partial charge in [0.2, 0.25) is 0 Å². The second-order valence-corrected chi connectivity index (χ2v) is 7.15. The first-order chi connectivity index (χ1) is 13.5. The largest absolute Gasteiger partial charge is 0.495 e. The molecular formula is C21H16O6S. The van der Waals surface area contributed by atoms with Crippen LogP contribution in [0.3, 0.4) is 0 Å². The van der Waals surface area contributed by atoms with Crippen LogP contribution in [0.4, 0.5) is 0 Å². The Labute approximate surface area is 164 Å². The minimum absolute atomic E-state index is 0.0341. The molecule has 2 aromatic carbocycles. The van der Waals surface area contributed by atoms with E-state index in [2.05, 4.69) is 0 Å². The van der Waals surface area contributed by atoms with Crippen molar-refractivity contribution in [2.75, 3.05) is 14.2 Å². The number of carbonyl (C=O) groups excluding carboxylic acids is 3. The molecular weight excluding hydrogens is 380 g/mol. The highest BCUT2D eigenvalue weighted by atomic mass is 32.1. The molecule has 0 radical (unpaired) electrons. The van der Waals surface area contributed by atoms with Crippen LogP contribution in [0.1, 0.15) is 44.3 Å². The van der Waals surface area contributed by atoms with Gasteiger partial charge in [0, 0.05) is 29.0 Å². The fourth-order valence-corrected chi connectivity index (χ4v) is 4.62. The van der Waals surface area contributed by atoms with Gasteiger partial charge in [-0.05, 0) is 5.38 Å². The molecule has 0 saturated carbocycles. The summed E-state index contributed by atoms with van der Waals surface area (Å²) >= 11 is 1.34. The number of carbonyl (C=O) groups is 3. The van der Waals surface area contributed by atoms with Gasteiger partial charge in [-0.25, -0.2) is 0 Å². The van der Waals surface area contributed by atoms with Crippen LogP contribution in [0.15, 0.2) is 29.6 Å². The molecule has 0 spiro atoms. The maximum atomic E-state index is 13.3. The second-order valence-electron chi connectivity index (χ2n) is 6.27. The normalized spacial score (nSPS) is 12.5. The molecule has 0 bridgehead atoms. The molecule has 7 heteroatoms. The number of hydrogen-bond acceptors (Lipinski definition) is 7. The molecule has 3 aromatic rings. The van der Waals surface area contributed by atoms with E-state index in [4.69, 9.17) is 14.2 Å². The maximum Gasteiger partial charge on any atom is 0.302 e. The number of methoxy groups -OCH3 is 2. The fourth-order valence-electron chi connectivity index (χ4n) is 3.54. The smallest absolute Gasteiger partial charge is 0.302 e. The molecule has 6 nitrogen and oxygen atoms in total. The predicted molar refractivity (Wildman–Crippen MR) is 104 cm³/mol. The van der Waals surface area contributed by atoms with Gasteiger partial charge in [0.15, 0.2) is 11.6 Å². The molecule has 0 fully saturated rings. The highest BCUT2D eigenvalue weighted by Gasteiger charge is 2.37. The van der Waals surface area contributed by atoms with Crippen LogP contribution in [0.2, 0.25) is 0 Å². The van der Waals surface area contributed by atoms with Gasteiger partial charge in [-0.15, -0.1) is 11.3 Å². The van der Waals surface area contributed by atoms with E-state index in [1.54, 1.807) is 24.3 Å². The van der Waals surface area contributed by atoms with Crippen molar-refractivity contribution in [2.45, 2.75) is 13.5 Å². The van der Waals surface area contributed by atoms with Gasteiger partial charge in [0.1, 0.15) is 18.1 Å². The van der Waals surface area contributed by atoms with Gasteiger partial charge in [0.05, 0.1) is 30.0 Å². The van der Waals surface area contributed by atoms with Crippen LogP contribution in [-0.2, 0) is 16.1 Å². The Hall–Kier alpha value is -3.19. The van der Waals surface area contributed by atoms with Crippen molar-refractivity contribution < 1.29 is 28.6 Å². The Morgan fingerprint density at radius 3 is 2.07 bits per heavy atom. The summed E-state index contributed by atoms with van der Waals surface area (Å²) in [4.78, 5) is 37.7. The first-order valence-electron chi connectivity index (χ1n) is 8.49. The SMILES string of the molecule is COc1c2c(c(OC)c3c(COC(C)=O)csc13)C(=O)c1ccccc1C2=O. The third kappa shape index (κ3) is 2.51. The first-order valence-corrected chi connectivity index (χ1v) is 9.37. The number of fused-ring (bicyclic) bond motifs is 3. The topological polar surface area (TPSA) is 78.9 Å². The summed E-state index contributed by atoms with van der Waals surface area (Å²) in [5, 5.41) is 2.43. The molecule has 1 aliphatic carbocycles. The Morgan fingerprint density at radius 2 is 1.54 bits per heavy atom. The molecule has 1 aliphatic rings. The van der Waals surface area contributed by atoms with Crippen molar-refractivity contribution in [1.82, 2.24) is 0 Å². The van der Waals surface area contributed by atoms with E-state index in [9.17, 15) is 14.4 Å². The van der Waals surface area contributed by atoms with E-state index < -0.39 is 5.97 Å². The molecule has 142 valence electrons. The Morgan fingerprint density at radius 1 is 0.964 bits per heavy atom. The molecule has 1 heterocycles. The van der Waals surface area contributed by atoms with Gasteiger partial charge >= 0.3 is 5.97 Å². The lowest BCUT2D eigenvalue weighted by Crippen LogP contribution is -2.22. The van der Waals surface area contributed by atoms with E-state index >= 15 is 0 Å². The van der Waals surface area contributed by atoms with Crippen LogP contribution < -0.4 is 9.47 Å². The minimum Gasteiger partial charge on any atom is -0.495 e. The number of benzene rings is 2. The van der Waals surface area contributed by atoms with Crippen LogP contribution in [0.5, 0.6) is 11.5 Å². The zero-order valence-corrected chi connectivity index (χ0v) is 16.3. The predicted octanol–water partition coefficient (Wildman–Crippen LogP) is 3.76. The quantitative estimate of drug-likeness (QED) is 0.489. The van der Waals surface area contributed by atoms with E-state index in [0.29, 0.717) is 38.3 Å². The van der Waals surface area contributed by atoms with E-state index in [1.807, 2.05) is 5.38 Å². The van der Waals surface area contributed by atoms with Crippen molar-refractivity contribution in [1.29, 1.82) is 0 Å². The number of esters is 1. The lowest BCUT2D eigenvalue weighted by molar-refractivity contribution is -0.142. The average Bonchev–Trinajstić information content (AvgIpc) is 3.12. The summed E-state index contributed by atoms with van der Waals surface area (Å²) in [7, 11) is 2.92. The summed E-state index contributed by atoms with van der Waals surface area (Å²) in [6.45, 7) is 1.36. The molecule has 28 heavy (non-hydrogen) atoms. The molecule has 1 aromatic heterocycles. The van der Waals surface area contributed by atoms with Crippen molar-refractivity contribution in [3.63, 3.8) is 0 Å². The highest BCUT2D eigenvalue weighted by Crippen LogP contribution is 2.48. The molecule has 0 aliphatic heterocycles. The zero-order valence-electron chi connectivity index (χ0n) is 15.5. The van der Waals surface area contributed by atoms with Crippen molar-refractivity contribution in [3.8, 4) is 11.5 Å². The molecule has 0 amide bonds. The monoisotopic (exact) mass is 396 g/mol. The lowest BCUT2D eigenvalue weighted by Gasteiger charge is -2.23. The third-order valence-electron chi connectivity index (χ3n) is 4.71. The van der Waals surface area contributed by atoms with Crippen LogP contribution in [-0.4, -0.2) is 31.8 Å². The Bertz CT molecular complexity index is 1160. The molecule has 0 N–H and O–H groups in total. The van der Waals surface area contributed by atoms with Gasteiger partial charge in [-0.3, -0.25) is 14.4 Å². The molecule has 0 unspecified atom stereocenters. The number of ketones is 2. The average molecular weight is 396 g/mol. The maximum absolute atomic E-state index is 13.3. The Balaban J connectivity index is 2.07. The lowest BCUT2D eigenvalue weighted by atomic mass is 9.82. The van der Waals surface area contributed by atoms with Crippen molar-refractivity contribution >= 4 is 39.0 Å². The standard InChI is InChI=1S/C21H16O6S/c1-10(22)27-8-11-9-28-21-14(11)19(25-2)15-16(20(21)26-3)18(24)13-7-5-4-6-12(13)17(15)23/h4-7,9H,8H2,1-3H3. The fraction of sp³-hybridized carbons (Fsp3) is 0.190. The number of ether oxygens (including phenoxy) is 3. The number of hydrogen-bond donors (Lipinski definition) is 0. The van der Waals surface area contributed by atoms with E-state index in [-0.39, 0.29) is 29.3 Å². The minimum atomic E-state index is -0.413. The van der Waals surface area contributed by atoms with Gasteiger partial charge in [0.25, 0.3) is 0 Å². The van der Waals surface area contributed by atoms with Gasteiger partial charge in [-0.1, -0.05) is 24.3 Å². The van der Waals surface area contributed by atoms with Crippen LogP contribution >= 0.6 is 11.3 Å². The zero-order chi connectivity index (χ0) is 20.0. The number of rotatable bonds is 4. The highest BCUT2D eigenvalue weighted by molar-refractivity contribution is 7.18. The number of thiophene rings is 1. The summed E-state index contributed by atoms with van der Waals surface area (Å²) in [5.74, 6) is -0.368. The van der Waals surface area contributed by atoms with Gasteiger partial charge < -0.3 is 14.2 Å². The summed E-state index contributed by atoms with van der Waals surface area (Å²) in [6.07, 6.45) is 0. The Kier molecular flexibility index (Phi) is 4.39. The van der Waals surface area contributed by atoms with Crippen LogP contribution in [0, 0.1) is 0 Å². The van der Waals surface area contributed by atoms with Crippen LogP contribution in [0.25, 0.3) is 10.1 Å². The molecule has 0 saturated heterocycles. The third-order valence-corrected chi connectivity index (χ3v) is 5.74. The van der Waals surface area contributed by atoms with E-state index in [0.717, 1.165) is 0 Å².